The van der Waals surface area contributed by atoms with E-state index < -0.39 is 0 Å². The minimum atomic E-state index is -0.118. The van der Waals surface area contributed by atoms with Crippen LogP contribution >= 0.6 is 12.2 Å². The number of piperidine rings is 1. The van der Waals surface area contributed by atoms with E-state index in [-0.39, 0.29) is 5.56 Å². The zero-order valence-electron chi connectivity index (χ0n) is 11.6. The van der Waals surface area contributed by atoms with Crippen LogP contribution in [0.4, 0.5) is 5.69 Å². The maximum atomic E-state index is 12.0. The molecule has 6 nitrogen and oxygen atoms in total. The van der Waals surface area contributed by atoms with E-state index in [1.807, 2.05) is 0 Å². The van der Waals surface area contributed by atoms with Crippen molar-refractivity contribution in [1.82, 2.24) is 9.78 Å². The van der Waals surface area contributed by atoms with Gasteiger partial charge in [0.05, 0.1) is 29.5 Å². The average Bonchev–Trinajstić information content (AvgIpc) is 2.46. The van der Waals surface area contributed by atoms with Crippen molar-refractivity contribution in [1.29, 1.82) is 0 Å². The van der Waals surface area contributed by atoms with Crippen molar-refractivity contribution in [2.45, 2.75) is 31.9 Å². The van der Waals surface area contributed by atoms with E-state index in [2.05, 4.69) is 10.00 Å². The number of rotatable bonds is 5. The van der Waals surface area contributed by atoms with Gasteiger partial charge in [-0.1, -0.05) is 12.2 Å². The van der Waals surface area contributed by atoms with Gasteiger partial charge in [-0.15, -0.1) is 0 Å². The van der Waals surface area contributed by atoms with Crippen LogP contribution in [0.25, 0.3) is 0 Å². The van der Waals surface area contributed by atoms with Gasteiger partial charge < -0.3 is 15.4 Å². The van der Waals surface area contributed by atoms with Gasteiger partial charge in [-0.3, -0.25) is 4.79 Å². The molecule has 0 bridgehead atoms. The molecule has 0 amide bonds. The summed E-state index contributed by atoms with van der Waals surface area (Å²) in [6, 6.07) is 1.62. The van der Waals surface area contributed by atoms with Crippen LogP contribution in [0.2, 0.25) is 0 Å². The maximum absolute atomic E-state index is 12.0. The Morgan fingerprint density at radius 3 is 2.80 bits per heavy atom. The van der Waals surface area contributed by atoms with E-state index in [0.29, 0.717) is 24.1 Å². The summed E-state index contributed by atoms with van der Waals surface area (Å²) < 4.78 is 6.73. The molecule has 110 valence electrons. The van der Waals surface area contributed by atoms with Gasteiger partial charge in [-0.05, 0) is 12.8 Å². The van der Waals surface area contributed by atoms with E-state index >= 15 is 0 Å². The number of ether oxygens (including phenoxy) is 1. The summed E-state index contributed by atoms with van der Waals surface area (Å²) in [6.45, 7) is 2.20. The van der Waals surface area contributed by atoms with Crippen LogP contribution in [-0.4, -0.2) is 41.1 Å². The number of aromatic nitrogens is 2. The highest BCUT2D eigenvalue weighted by Crippen LogP contribution is 2.18. The number of hydrogen-bond acceptors (Lipinski definition) is 5. The normalized spacial score (nSPS) is 16.4. The zero-order chi connectivity index (χ0) is 14.5. The first-order chi connectivity index (χ1) is 9.60. The van der Waals surface area contributed by atoms with Crippen LogP contribution in [0, 0.1) is 0 Å². The third kappa shape index (κ3) is 3.77. The fourth-order valence-corrected chi connectivity index (χ4v) is 2.42. The zero-order valence-corrected chi connectivity index (χ0v) is 12.4. The van der Waals surface area contributed by atoms with Gasteiger partial charge in [0.2, 0.25) is 0 Å². The molecule has 1 aromatic heterocycles. The number of anilines is 1. The molecule has 1 saturated heterocycles. The molecule has 1 aliphatic rings. The van der Waals surface area contributed by atoms with Crippen LogP contribution in [0.5, 0.6) is 0 Å². The third-order valence-electron chi connectivity index (χ3n) is 3.57. The second kappa shape index (κ2) is 6.81. The Bertz CT molecular complexity index is 523. The van der Waals surface area contributed by atoms with Crippen molar-refractivity contribution in [2.75, 3.05) is 25.1 Å². The summed E-state index contributed by atoms with van der Waals surface area (Å²) in [6.07, 6.45) is 4.49. The number of aryl methyl sites for hydroxylation is 1. The Morgan fingerprint density at radius 2 is 2.25 bits per heavy atom. The quantitative estimate of drug-likeness (QED) is 0.799. The lowest BCUT2D eigenvalue weighted by atomic mass is 10.1. The van der Waals surface area contributed by atoms with Crippen LogP contribution < -0.4 is 16.2 Å². The van der Waals surface area contributed by atoms with E-state index in [1.165, 1.54) is 4.68 Å². The highest BCUT2D eigenvalue weighted by atomic mass is 32.1. The van der Waals surface area contributed by atoms with Gasteiger partial charge in [-0.25, -0.2) is 4.68 Å². The van der Waals surface area contributed by atoms with Crippen molar-refractivity contribution in [3.05, 3.63) is 22.6 Å². The van der Waals surface area contributed by atoms with Gasteiger partial charge in [0.15, 0.2) is 0 Å². The topological polar surface area (TPSA) is 73.4 Å². The summed E-state index contributed by atoms with van der Waals surface area (Å²) in [4.78, 5) is 14.5. The second-order valence-electron chi connectivity index (χ2n) is 4.91. The van der Waals surface area contributed by atoms with Gasteiger partial charge in [0, 0.05) is 32.7 Å². The minimum absolute atomic E-state index is 0.118. The molecular weight excluding hydrogens is 276 g/mol. The van der Waals surface area contributed by atoms with Crippen LogP contribution in [0.3, 0.4) is 0 Å². The molecule has 0 unspecified atom stereocenters. The molecule has 0 aromatic carbocycles. The first-order valence-electron chi connectivity index (χ1n) is 6.73. The minimum Gasteiger partial charge on any atom is -0.393 e. The van der Waals surface area contributed by atoms with E-state index in [4.69, 9.17) is 22.7 Å². The fourth-order valence-electron chi connectivity index (χ4n) is 2.33. The molecule has 1 aliphatic heterocycles. The largest absolute Gasteiger partial charge is 0.393 e. The molecule has 20 heavy (non-hydrogen) atoms. The van der Waals surface area contributed by atoms with E-state index in [9.17, 15) is 4.79 Å². The Balaban J connectivity index is 2.02. The van der Waals surface area contributed by atoms with E-state index in [1.54, 1.807) is 19.4 Å². The Morgan fingerprint density at radius 1 is 1.55 bits per heavy atom. The highest BCUT2D eigenvalue weighted by Gasteiger charge is 2.19. The van der Waals surface area contributed by atoms with Gasteiger partial charge in [-0.2, -0.15) is 5.10 Å². The molecule has 0 saturated carbocycles. The predicted octanol–water partition coefficient (Wildman–Crippen LogP) is 0.535. The summed E-state index contributed by atoms with van der Waals surface area (Å²) in [7, 11) is 1.74. The molecule has 0 atom stereocenters. The van der Waals surface area contributed by atoms with Gasteiger partial charge >= 0.3 is 0 Å². The average molecular weight is 296 g/mol. The van der Waals surface area contributed by atoms with Crippen molar-refractivity contribution in [2.24, 2.45) is 5.73 Å². The molecule has 0 radical (unpaired) electrons. The van der Waals surface area contributed by atoms with Crippen molar-refractivity contribution in [3.63, 3.8) is 0 Å². The second-order valence-corrected chi connectivity index (χ2v) is 5.44. The lowest BCUT2D eigenvalue weighted by Crippen LogP contribution is -2.37. The Labute approximate surface area is 123 Å². The number of nitrogens with two attached hydrogens (primary N) is 1. The summed E-state index contributed by atoms with van der Waals surface area (Å²) in [5.41, 5.74) is 6.19. The summed E-state index contributed by atoms with van der Waals surface area (Å²) in [5.74, 6) is 0. The summed E-state index contributed by atoms with van der Waals surface area (Å²) >= 11 is 4.80. The number of thiocarbonyl (C=S) groups is 1. The van der Waals surface area contributed by atoms with Crippen LogP contribution in [-0.2, 0) is 11.3 Å². The standard InChI is InChI=1S/C13H20N4O2S/c1-19-11-2-5-16(6-3-11)10-8-13(18)17(15-9-10)7-4-12(14)20/h8-9,11H,2-7H2,1H3,(H2,14,20). The molecule has 1 fully saturated rings. The fraction of sp³-hybridized carbons (Fsp3) is 0.615. The van der Waals surface area contributed by atoms with Gasteiger partial charge in [0.25, 0.3) is 5.56 Å². The molecular formula is C13H20N4O2S. The lowest BCUT2D eigenvalue weighted by molar-refractivity contribution is 0.0819. The molecule has 1 aromatic rings. The molecule has 2 rings (SSSR count). The molecule has 2 N–H and O–H groups in total. The Kier molecular flexibility index (Phi) is 5.08. The first kappa shape index (κ1) is 14.9. The highest BCUT2D eigenvalue weighted by molar-refractivity contribution is 7.80. The maximum Gasteiger partial charge on any atom is 0.268 e. The summed E-state index contributed by atoms with van der Waals surface area (Å²) in [5, 5.41) is 4.18. The molecule has 0 aliphatic carbocycles. The number of methoxy groups -OCH3 is 1. The van der Waals surface area contributed by atoms with E-state index in [0.717, 1.165) is 31.6 Å². The number of nitrogens with zero attached hydrogens (tertiary/aromatic N) is 3. The van der Waals surface area contributed by atoms with Crippen LogP contribution in [0.15, 0.2) is 17.1 Å². The SMILES string of the molecule is COC1CCN(c2cnn(CCC(N)=S)c(=O)c2)CC1. The third-order valence-corrected chi connectivity index (χ3v) is 3.77. The predicted molar refractivity (Wildman–Crippen MR) is 82.1 cm³/mol. The van der Waals surface area contributed by atoms with Crippen molar-refractivity contribution < 1.29 is 4.74 Å². The van der Waals surface area contributed by atoms with Crippen molar-refractivity contribution >= 4 is 22.9 Å². The van der Waals surface area contributed by atoms with Gasteiger partial charge in [0.1, 0.15) is 0 Å². The lowest BCUT2D eigenvalue weighted by Gasteiger charge is -2.32. The smallest absolute Gasteiger partial charge is 0.268 e. The Hall–Kier alpha value is -1.47. The first-order valence-corrected chi connectivity index (χ1v) is 7.14. The molecule has 7 heteroatoms. The molecule has 0 spiro atoms. The monoisotopic (exact) mass is 296 g/mol. The van der Waals surface area contributed by atoms with Crippen LogP contribution in [0.1, 0.15) is 19.3 Å². The number of hydrogen-bond donors (Lipinski definition) is 1. The molecule has 2 heterocycles. The van der Waals surface area contributed by atoms with Crippen molar-refractivity contribution in [3.8, 4) is 0 Å².